The second kappa shape index (κ2) is 12.1. The number of hydrogen-bond donors (Lipinski definition) is 0. The van der Waals surface area contributed by atoms with E-state index >= 15 is 0 Å². The summed E-state index contributed by atoms with van der Waals surface area (Å²) in [5, 5.41) is 0. The first-order valence-electron chi connectivity index (χ1n) is 19.9. The van der Waals surface area contributed by atoms with Gasteiger partial charge in [0.05, 0.1) is 16.5 Å². The van der Waals surface area contributed by atoms with Crippen molar-refractivity contribution < 1.29 is 0 Å². The monoisotopic (exact) mass is 723 g/mol. The number of benzene rings is 9. The molecule has 0 heterocycles. The van der Waals surface area contributed by atoms with E-state index in [1.807, 2.05) is 0 Å². The molecule has 0 unspecified atom stereocenters. The van der Waals surface area contributed by atoms with Crippen molar-refractivity contribution in [3.63, 3.8) is 0 Å². The first kappa shape index (κ1) is 32.1. The Hall–Kier alpha value is -7.22. The average molecular weight is 724 g/mol. The third-order valence-electron chi connectivity index (χ3n) is 13.0. The highest BCUT2D eigenvalue weighted by molar-refractivity contribution is 6.01. The minimum absolute atomic E-state index is 0.609. The summed E-state index contributed by atoms with van der Waals surface area (Å²) in [7, 11) is 0. The first-order valence-corrected chi connectivity index (χ1v) is 19.9. The van der Waals surface area contributed by atoms with Gasteiger partial charge in [0.1, 0.15) is 0 Å². The van der Waals surface area contributed by atoms with Gasteiger partial charge in [-0.25, -0.2) is 0 Å². The predicted octanol–water partition coefficient (Wildman–Crippen LogP) is 14.1. The van der Waals surface area contributed by atoms with Gasteiger partial charge in [-0.2, -0.15) is 0 Å². The van der Waals surface area contributed by atoms with E-state index in [2.05, 4.69) is 229 Å². The SMILES string of the molecule is c1ccc(-c2ccc(N(c3ccccc3)c3cccc4c3C35c6ccccc6-c6ccccc6C3(c3ccccc3-c3ccccc35)c3ccccc3-4)cc2)cc1. The van der Waals surface area contributed by atoms with E-state index in [1.165, 1.54) is 83.6 Å². The Morgan fingerprint density at radius 3 is 1.09 bits per heavy atom. The Labute approximate surface area is 333 Å². The third-order valence-corrected chi connectivity index (χ3v) is 13.0. The molecule has 0 aromatic heterocycles. The molecule has 0 bridgehead atoms. The molecule has 0 atom stereocenters. The maximum Gasteiger partial charge on any atom is 0.0668 e. The lowest BCUT2D eigenvalue weighted by Crippen LogP contribution is -2.58. The summed E-state index contributed by atoms with van der Waals surface area (Å²) in [6.45, 7) is 0. The lowest BCUT2D eigenvalue weighted by atomic mass is 9.38. The second-order valence-electron chi connectivity index (χ2n) is 15.5. The topological polar surface area (TPSA) is 3.24 Å². The molecular formula is C56H37N. The summed E-state index contributed by atoms with van der Waals surface area (Å²) in [6.07, 6.45) is 0. The predicted molar refractivity (Wildman–Crippen MR) is 236 cm³/mol. The molecule has 9 aromatic rings. The molecule has 0 fully saturated rings. The average Bonchev–Trinajstić information content (AvgIpc) is 3.30. The summed E-state index contributed by atoms with van der Waals surface area (Å²) in [6, 6.07) is 84.0. The highest BCUT2D eigenvalue weighted by Gasteiger charge is 2.67. The minimum atomic E-state index is -0.666. The third kappa shape index (κ3) is 4.13. The molecule has 0 saturated heterocycles. The van der Waals surface area contributed by atoms with Crippen LogP contribution < -0.4 is 4.90 Å². The number of hydrogen-bond acceptors (Lipinski definition) is 1. The van der Waals surface area contributed by atoms with Crippen molar-refractivity contribution >= 4 is 17.1 Å². The molecule has 3 aliphatic carbocycles. The summed E-state index contributed by atoms with van der Waals surface area (Å²) in [4.78, 5) is 2.51. The minimum Gasteiger partial charge on any atom is -0.310 e. The van der Waals surface area contributed by atoms with Gasteiger partial charge in [0.15, 0.2) is 0 Å². The van der Waals surface area contributed by atoms with Crippen LogP contribution in [0.1, 0.15) is 33.4 Å². The Balaban J connectivity index is 1.29. The zero-order chi connectivity index (χ0) is 37.6. The van der Waals surface area contributed by atoms with Crippen molar-refractivity contribution in [3.8, 4) is 44.5 Å². The zero-order valence-corrected chi connectivity index (χ0v) is 31.3. The van der Waals surface area contributed by atoms with Gasteiger partial charge in [0.25, 0.3) is 0 Å². The molecule has 12 rings (SSSR count). The van der Waals surface area contributed by atoms with Gasteiger partial charge in [0, 0.05) is 16.9 Å². The molecule has 0 radical (unpaired) electrons. The van der Waals surface area contributed by atoms with Crippen LogP contribution in [0.3, 0.4) is 0 Å². The molecule has 0 saturated carbocycles. The summed E-state index contributed by atoms with van der Waals surface area (Å²) < 4.78 is 0. The smallest absolute Gasteiger partial charge is 0.0668 e. The zero-order valence-electron chi connectivity index (χ0n) is 31.3. The molecule has 57 heavy (non-hydrogen) atoms. The molecule has 0 N–H and O–H groups in total. The Kier molecular flexibility index (Phi) is 6.83. The highest BCUT2D eigenvalue weighted by Crippen LogP contribution is 2.74. The van der Waals surface area contributed by atoms with Gasteiger partial charge in [-0.1, -0.05) is 194 Å². The summed E-state index contributed by atoms with van der Waals surface area (Å²) >= 11 is 0. The van der Waals surface area contributed by atoms with Crippen LogP contribution in [-0.4, -0.2) is 0 Å². The Bertz CT molecular complexity index is 2920. The van der Waals surface area contributed by atoms with Crippen molar-refractivity contribution in [2.24, 2.45) is 0 Å². The van der Waals surface area contributed by atoms with Gasteiger partial charge >= 0.3 is 0 Å². The fourth-order valence-corrected chi connectivity index (χ4v) is 11.1. The molecule has 266 valence electrons. The van der Waals surface area contributed by atoms with Gasteiger partial charge in [-0.15, -0.1) is 0 Å². The van der Waals surface area contributed by atoms with Crippen LogP contribution in [0.2, 0.25) is 0 Å². The quantitative estimate of drug-likeness (QED) is 0.175. The van der Waals surface area contributed by atoms with E-state index in [9.17, 15) is 0 Å². The van der Waals surface area contributed by atoms with Crippen LogP contribution >= 0.6 is 0 Å². The first-order chi connectivity index (χ1) is 28.3. The Morgan fingerprint density at radius 2 is 0.596 bits per heavy atom. The van der Waals surface area contributed by atoms with E-state index in [0.29, 0.717) is 0 Å². The highest BCUT2D eigenvalue weighted by atomic mass is 15.1. The van der Waals surface area contributed by atoms with Crippen LogP contribution in [0, 0.1) is 0 Å². The van der Waals surface area contributed by atoms with Crippen LogP contribution in [0.5, 0.6) is 0 Å². The number of rotatable bonds is 4. The van der Waals surface area contributed by atoms with Crippen LogP contribution in [-0.2, 0) is 10.8 Å². The lowest BCUT2D eigenvalue weighted by molar-refractivity contribution is 0.406. The van der Waals surface area contributed by atoms with Crippen molar-refractivity contribution in [1.82, 2.24) is 0 Å². The van der Waals surface area contributed by atoms with Crippen LogP contribution in [0.15, 0.2) is 224 Å². The molecule has 0 spiro atoms. The van der Waals surface area contributed by atoms with Gasteiger partial charge in [-0.3, -0.25) is 0 Å². The Morgan fingerprint density at radius 1 is 0.246 bits per heavy atom. The van der Waals surface area contributed by atoms with E-state index in [4.69, 9.17) is 0 Å². The fraction of sp³-hybridized carbons (Fsp3) is 0.0357. The summed E-state index contributed by atoms with van der Waals surface area (Å²) in [5.74, 6) is 0. The van der Waals surface area contributed by atoms with Crippen molar-refractivity contribution in [3.05, 3.63) is 258 Å². The largest absolute Gasteiger partial charge is 0.310 e. The van der Waals surface area contributed by atoms with E-state index in [0.717, 1.165) is 11.4 Å². The normalized spacial score (nSPS) is 17.6. The molecule has 1 heteroatoms. The van der Waals surface area contributed by atoms with Gasteiger partial charge < -0.3 is 4.90 Å². The van der Waals surface area contributed by atoms with Crippen molar-refractivity contribution in [2.75, 3.05) is 4.90 Å². The molecule has 1 nitrogen and oxygen atoms in total. The molecular weight excluding hydrogens is 687 g/mol. The molecule has 9 aromatic carbocycles. The lowest BCUT2D eigenvalue weighted by Gasteiger charge is -2.62. The van der Waals surface area contributed by atoms with E-state index < -0.39 is 10.8 Å². The fourth-order valence-electron chi connectivity index (χ4n) is 11.1. The maximum absolute atomic E-state index is 2.51. The van der Waals surface area contributed by atoms with Crippen molar-refractivity contribution in [2.45, 2.75) is 10.8 Å². The second-order valence-corrected chi connectivity index (χ2v) is 15.5. The number of para-hydroxylation sites is 1. The maximum atomic E-state index is 2.51. The van der Waals surface area contributed by atoms with Crippen molar-refractivity contribution in [1.29, 1.82) is 0 Å². The van der Waals surface area contributed by atoms with E-state index in [-0.39, 0.29) is 0 Å². The number of nitrogens with zero attached hydrogens (tertiary/aromatic N) is 1. The summed E-state index contributed by atoms with van der Waals surface area (Å²) in [5.41, 5.74) is 20.3. The number of fused-ring (bicyclic) bond motifs is 9. The number of anilines is 3. The van der Waals surface area contributed by atoms with Gasteiger partial charge in [-0.05, 0) is 103 Å². The van der Waals surface area contributed by atoms with Gasteiger partial charge in [0.2, 0.25) is 0 Å². The van der Waals surface area contributed by atoms with E-state index in [1.54, 1.807) is 0 Å². The molecule has 0 aliphatic heterocycles. The molecule has 3 aliphatic rings. The molecule has 0 amide bonds. The standard InChI is InChI=1S/C56H37N/c1-3-18-38(19-4-1)39-34-36-41(37-35-39)57(40-20-5-2-6-21-40)53-33-17-27-47-46-26-11-14-30-50(46)55-48-28-12-7-22-42(48)44-24-9-15-31-51(44)56(55,54(47)53)52-32-16-10-25-45(52)43-23-8-13-29-49(43)55/h1-37H. The van der Waals surface area contributed by atoms with Crippen LogP contribution in [0.4, 0.5) is 17.1 Å². The van der Waals surface area contributed by atoms with Crippen LogP contribution in [0.25, 0.3) is 44.5 Å².